The highest BCUT2D eigenvalue weighted by Gasteiger charge is 2.04. The molecule has 0 fully saturated rings. The molecule has 1 atom stereocenters. The summed E-state index contributed by atoms with van der Waals surface area (Å²) >= 11 is 0. The fraction of sp³-hybridized carbons (Fsp3) is 0.333. The number of hydrogen-bond acceptors (Lipinski definition) is 3. The van der Waals surface area contributed by atoms with Crippen LogP contribution in [0.4, 0.5) is 4.79 Å². The van der Waals surface area contributed by atoms with Crippen molar-refractivity contribution in [2.75, 3.05) is 13.1 Å². The number of nitrogens with two attached hydrogens (primary N) is 1. The Bertz CT molecular complexity index is 425. The first kappa shape index (κ1) is 13.0. The second-order valence-electron chi connectivity index (χ2n) is 3.70. The molecule has 0 spiro atoms. The molecule has 0 aliphatic carbocycles. The van der Waals surface area contributed by atoms with Crippen LogP contribution in [0.3, 0.4) is 0 Å². The second-order valence-corrected chi connectivity index (χ2v) is 3.70. The van der Waals surface area contributed by atoms with Crippen molar-refractivity contribution in [3.8, 4) is 6.07 Å². The molecule has 0 radical (unpaired) electrons. The lowest BCUT2D eigenvalue weighted by Gasteiger charge is -2.14. The maximum Gasteiger partial charge on any atom is 0.312 e. The number of amides is 2. The molecule has 0 bridgehead atoms. The van der Waals surface area contributed by atoms with Gasteiger partial charge < -0.3 is 16.4 Å². The van der Waals surface area contributed by atoms with Gasteiger partial charge in [0.05, 0.1) is 11.6 Å². The van der Waals surface area contributed by atoms with E-state index in [-0.39, 0.29) is 6.04 Å². The number of carbonyl (C=O) groups is 1. The average Bonchev–Trinajstić information content (AvgIpc) is 2.34. The number of urea groups is 1. The number of nitrogens with one attached hydrogen (secondary N) is 2. The molecule has 1 unspecified atom stereocenters. The van der Waals surface area contributed by atoms with Gasteiger partial charge in [0.2, 0.25) is 0 Å². The number of nitrogens with zero attached hydrogens (tertiary/aromatic N) is 1. The molecule has 1 rings (SSSR count). The minimum Gasteiger partial charge on any atom is -0.352 e. The lowest BCUT2D eigenvalue weighted by molar-refractivity contribution is 0.249. The first-order chi connectivity index (χ1) is 8.13. The average molecular weight is 232 g/mol. The Morgan fingerprint density at radius 1 is 1.53 bits per heavy atom. The van der Waals surface area contributed by atoms with Gasteiger partial charge in [-0.1, -0.05) is 12.1 Å². The summed E-state index contributed by atoms with van der Waals surface area (Å²) < 4.78 is 0. The molecular weight excluding hydrogens is 216 g/mol. The van der Waals surface area contributed by atoms with Crippen LogP contribution in [0.1, 0.15) is 24.1 Å². The zero-order valence-corrected chi connectivity index (χ0v) is 9.73. The van der Waals surface area contributed by atoms with Gasteiger partial charge in [0.25, 0.3) is 0 Å². The predicted octanol–water partition coefficient (Wildman–Crippen LogP) is 0.877. The maximum absolute atomic E-state index is 10.4. The van der Waals surface area contributed by atoms with Gasteiger partial charge in [-0.05, 0) is 24.6 Å². The number of benzene rings is 1. The van der Waals surface area contributed by atoms with Gasteiger partial charge in [0.15, 0.2) is 0 Å². The number of carbonyl (C=O) groups excluding carboxylic acids is 1. The van der Waals surface area contributed by atoms with Crippen molar-refractivity contribution in [1.29, 1.82) is 5.26 Å². The van der Waals surface area contributed by atoms with Gasteiger partial charge in [0.1, 0.15) is 0 Å². The predicted molar refractivity (Wildman–Crippen MR) is 65.2 cm³/mol. The standard InChI is InChI=1S/C12H16N4O/c1-9(15-5-6-16-12(14)17)11-4-2-3-10(7-11)8-13/h2-4,7,9,15H,5-6H2,1H3,(H3,14,16,17). The molecule has 0 aromatic heterocycles. The number of nitriles is 1. The summed E-state index contributed by atoms with van der Waals surface area (Å²) in [5, 5.41) is 14.5. The number of primary amides is 1. The number of hydrogen-bond donors (Lipinski definition) is 3. The summed E-state index contributed by atoms with van der Waals surface area (Å²) in [7, 11) is 0. The van der Waals surface area contributed by atoms with Crippen molar-refractivity contribution in [3.05, 3.63) is 35.4 Å². The molecule has 0 aliphatic heterocycles. The summed E-state index contributed by atoms with van der Waals surface area (Å²) in [4.78, 5) is 10.4. The van der Waals surface area contributed by atoms with E-state index in [9.17, 15) is 4.79 Å². The van der Waals surface area contributed by atoms with E-state index in [2.05, 4.69) is 16.7 Å². The van der Waals surface area contributed by atoms with Crippen LogP contribution in [0.25, 0.3) is 0 Å². The topological polar surface area (TPSA) is 90.9 Å². The van der Waals surface area contributed by atoms with Crippen LogP contribution in [0.2, 0.25) is 0 Å². The Balaban J connectivity index is 2.44. The summed E-state index contributed by atoms with van der Waals surface area (Å²) in [6, 6.07) is 9.13. The van der Waals surface area contributed by atoms with E-state index in [1.807, 2.05) is 25.1 Å². The van der Waals surface area contributed by atoms with Crippen LogP contribution in [-0.2, 0) is 0 Å². The van der Waals surface area contributed by atoms with Crippen molar-refractivity contribution in [2.24, 2.45) is 5.73 Å². The molecule has 0 saturated heterocycles. The molecule has 17 heavy (non-hydrogen) atoms. The van der Waals surface area contributed by atoms with Crippen molar-refractivity contribution >= 4 is 6.03 Å². The molecule has 5 nitrogen and oxygen atoms in total. The molecule has 90 valence electrons. The van der Waals surface area contributed by atoms with E-state index in [4.69, 9.17) is 11.0 Å². The van der Waals surface area contributed by atoms with E-state index in [1.165, 1.54) is 0 Å². The van der Waals surface area contributed by atoms with E-state index in [0.29, 0.717) is 18.7 Å². The smallest absolute Gasteiger partial charge is 0.312 e. The Kier molecular flexibility index (Phi) is 4.98. The molecule has 1 aromatic rings. The monoisotopic (exact) mass is 232 g/mol. The van der Waals surface area contributed by atoms with Gasteiger partial charge >= 0.3 is 6.03 Å². The van der Waals surface area contributed by atoms with Gasteiger partial charge in [-0.25, -0.2) is 4.79 Å². The molecule has 5 heteroatoms. The molecule has 0 saturated carbocycles. The molecule has 4 N–H and O–H groups in total. The zero-order chi connectivity index (χ0) is 12.7. The van der Waals surface area contributed by atoms with Crippen LogP contribution >= 0.6 is 0 Å². The highest BCUT2D eigenvalue weighted by Crippen LogP contribution is 2.13. The van der Waals surface area contributed by atoms with E-state index >= 15 is 0 Å². The van der Waals surface area contributed by atoms with Gasteiger partial charge in [-0.2, -0.15) is 5.26 Å². The molecule has 1 aromatic carbocycles. The summed E-state index contributed by atoms with van der Waals surface area (Å²) in [5.41, 5.74) is 6.63. The minimum absolute atomic E-state index is 0.123. The fourth-order valence-corrected chi connectivity index (χ4v) is 1.47. The molecule has 0 aliphatic rings. The van der Waals surface area contributed by atoms with Crippen LogP contribution in [0.15, 0.2) is 24.3 Å². The summed E-state index contributed by atoms with van der Waals surface area (Å²) in [6.07, 6.45) is 0. The lowest BCUT2D eigenvalue weighted by Crippen LogP contribution is -2.36. The Morgan fingerprint density at radius 3 is 2.94 bits per heavy atom. The lowest BCUT2D eigenvalue weighted by atomic mass is 10.1. The van der Waals surface area contributed by atoms with Crippen molar-refractivity contribution in [3.63, 3.8) is 0 Å². The third-order valence-electron chi connectivity index (χ3n) is 2.39. The van der Waals surface area contributed by atoms with Crippen LogP contribution in [0, 0.1) is 11.3 Å². The largest absolute Gasteiger partial charge is 0.352 e. The summed E-state index contributed by atoms with van der Waals surface area (Å²) in [6.45, 7) is 3.11. The van der Waals surface area contributed by atoms with E-state index in [0.717, 1.165) is 5.56 Å². The van der Waals surface area contributed by atoms with Crippen LogP contribution in [0.5, 0.6) is 0 Å². The normalized spacial score (nSPS) is 11.5. The molecule has 0 heterocycles. The van der Waals surface area contributed by atoms with E-state index < -0.39 is 6.03 Å². The highest BCUT2D eigenvalue weighted by molar-refractivity contribution is 5.71. The van der Waals surface area contributed by atoms with Gasteiger partial charge in [0, 0.05) is 19.1 Å². The van der Waals surface area contributed by atoms with Crippen molar-refractivity contribution < 1.29 is 4.79 Å². The quantitative estimate of drug-likeness (QED) is 0.658. The SMILES string of the molecule is CC(NCCNC(N)=O)c1cccc(C#N)c1. The van der Waals surface area contributed by atoms with Crippen LogP contribution < -0.4 is 16.4 Å². The molecular formula is C12H16N4O. The third-order valence-corrected chi connectivity index (χ3v) is 2.39. The minimum atomic E-state index is -0.522. The fourth-order valence-electron chi connectivity index (χ4n) is 1.47. The first-order valence-corrected chi connectivity index (χ1v) is 5.40. The Hall–Kier alpha value is -2.06. The van der Waals surface area contributed by atoms with Crippen LogP contribution in [-0.4, -0.2) is 19.1 Å². The van der Waals surface area contributed by atoms with E-state index in [1.54, 1.807) is 6.07 Å². The maximum atomic E-state index is 10.4. The Labute approximate surface area is 101 Å². The molecule has 2 amide bonds. The van der Waals surface area contributed by atoms with Gasteiger partial charge in [-0.15, -0.1) is 0 Å². The zero-order valence-electron chi connectivity index (χ0n) is 9.73. The number of rotatable bonds is 5. The first-order valence-electron chi connectivity index (χ1n) is 5.40. The Morgan fingerprint density at radius 2 is 2.29 bits per heavy atom. The second kappa shape index (κ2) is 6.51. The van der Waals surface area contributed by atoms with Crippen molar-refractivity contribution in [1.82, 2.24) is 10.6 Å². The van der Waals surface area contributed by atoms with Crippen molar-refractivity contribution in [2.45, 2.75) is 13.0 Å². The van der Waals surface area contributed by atoms with Gasteiger partial charge in [-0.3, -0.25) is 0 Å². The third kappa shape index (κ3) is 4.53. The summed E-state index contributed by atoms with van der Waals surface area (Å²) in [5.74, 6) is 0. The highest BCUT2D eigenvalue weighted by atomic mass is 16.2.